The Morgan fingerprint density at radius 3 is 2.65 bits per heavy atom. The molecule has 0 bridgehead atoms. The van der Waals surface area contributed by atoms with Gasteiger partial charge in [0.1, 0.15) is 5.75 Å². The minimum Gasteiger partial charge on any atom is -0.494 e. The number of hydrogen-bond acceptors (Lipinski definition) is 4. The van der Waals surface area contributed by atoms with Crippen LogP contribution in [0.4, 0.5) is 0 Å². The van der Waals surface area contributed by atoms with E-state index >= 15 is 0 Å². The van der Waals surface area contributed by atoms with Gasteiger partial charge in [-0.1, -0.05) is 12.1 Å². The van der Waals surface area contributed by atoms with Crippen LogP contribution in [0.5, 0.6) is 5.75 Å². The third-order valence-corrected chi connectivity index (χ3v) is 2.06. The van der Waals surface area contributed by atoms with Gasteiger partial charge >= 0.3 is 5.97 Å². The van der Waals surface area contributed by atoms with Crippen LogP contribution < -0.4 is 4.74 Å². The van der Waals surface area contributed by atoms with Gasteiger partial charge in [-0.25, -0.2) is 4.79 Å². The molecule has 0 aromatic heterocycles. The molecule has 1 rings (SSSR count). The van der Waals surface area contributed by atoms with Crippen LogP contribution >= 0.6 is 0 Å². The van der Waals surface area contributed by atoms with E-state index in [9.17, 15) is 4.79 Å². The van der Waals surface area contributed by atoms with E-state index in [1.807, 2.05) is 24.3 Å². The number of esters is 1. The maximum Gasteiger partial charge on any atom is 0.330 e. The fourth-order valence-corrected chi connectivity index (χ4v) is 1.16. The van der Waals surface area contributed by atoms with Gasteiger partial charge < -0.3 is 14.6 Å². The van der Waals surface area contributed by atoms with Crippen molar-refractivity contribution in [2.45, 2.75) is 6.42 Å². The molecule has 0 aliphatic rings. The predicted molar refractivity (Wildman–Crippen MR) is 64.7 cm³/mol. The third-order valence-electron chi connectivity index (χ3n) is 2.06. The van der Waals surface area contributed by atoms with Gasteiger partial charge in [-0.2, -0.15) is 0 Å². The summed E-state index contributed by atoms with van der Waals surface area (Å²) in [4.78, 5) is 10.9. The lowest BCUT2D eigenvalue weighted by Crippen LogP contribution is -1.99. The maximum absolute atomic E-state index is 10.9. The first-order valence-electron chi connectivity index (χ1n) is 5.36. The smallest absolute Gasteiger partial charge is 0.330 e. The van der Waals surface area contributed by atoms with E-state index < -0.39 is 0 Å². The Hall–Kier alpha value is -1.81. The summed E-state index contributed by atoms with van der Waals surface area (Å²) in [6, 6.07) is 7.31. The molecule has 4 heteroatoms. The highest BCUT2D eigenvalue weighted by molar-refractivity contribution is 5.86. The van der Waals surface area contributed by atoms with Crippen molar-refractivity contribution in [2.75, 3.05) is 20.3 Å². The Morgan fingerprint density at radius 2 is 2.06 bits per heavy atom. The molecule has 0 aliphatic carbocycles. The van der Waals surface area contributed by atoms with Crippen molar-refractivity contribution in [3.05, 3.63) is 35.9 Å². The molecule has 1 aromatic carbocycles. The second-order valence-electron chi connectivity index (χ2n) is 3.35. The molecule has 0 unspecified atom stereocenters. The Kier molecular flexibility index (Phi) is 5.82. The van der Waals surface area contributed by atoms with Crippen molar-refractivity contribution in [1.82, 2.24) is 0 Å². The number of hydrogen-bond donors (Lipinski definition) is 1. The van der Waals surface area contributed by atoms with E-state index in [2.05, 4.69) is 4.74 Å². The molecule has 0 radical (unpaired) electrons. The van der Waals surface area contributed by atoms with E-state index in [-0.39, 0.29) is 12.6 Å². The van der Waals surface area contributed by atoms with Crippen LogP contribution in [0, 0.1) is 0 Å². The number of aliphatic hydroxyl groups excluding tert-OH is 1. The molecule has 0 atom stereocenters. The topological polar surface area (TPSA) is 55.8 Å². The quantitative estimate of drug-likeness (QED) is 0.463. The fraction of sp³-hybridized carbons (Fsp3) is 0.308. The monoisotopic (exact) mass is 236 g/mol. The first-order chi connectivity index (χ1) is 8.26. The van der Waals surface area contributed by atoms with Crippen molar-refractivity contribution >= 4 is 12.0 Å². The van der Waals surface area contributed by atoms with Crippen LogP contribution in [0.3, 0.4) is 0 Å². The summed E-state index contributed by atoms with van der Waals surface area (Å²) < 4.78 is 9.86. The molecule has 1 aromatic rings. The minimum absolute atomic E-state index is 0.125. The summed E-state index contributed by atoms with van der Waals surface area (Å²) in [7, 11) is 1.34. The number of ether oxygens (including phenoxy) is 2. The number of rotatable bonds is 6. The second kappa shape index (κ2) is 7.46. The van der Waals surface area contributed by atoms with Gasteiger partial charge in [0, 0.05) is 19.1 Å². The van der Waals surface area contributed by atoms with Crippen LogP contribution in [0.1, 0.15) is 12.0 Å². The van der Waals surface area contributed by atoms with Gasteiger partial charge in [0.25, 0.3) is 0 Å². The molecule has 17 heavy (non-hydrogen) atoms. The lowest BCUT2D eigenvalue weighted by Gasteiger charge is -2.04. The summed E-state index contributed by atoms with van der Waals surface area (Å²) >= 11 is 0. The number of methoxy groups -OCH3 is 1. The minimum atomic E-state index is -0.381. The highest BCUT2D eigenvalue weighted by Gasteiger charge is 1.95. The SMILES string of the molecule is COC(=O)C=Cc1ccc(OCCCO)cc1. The van der Waals surface area contributed by atoms with Gasteiger partial charge in [0.05, 0.1) is 13.7 Å². The number of aliphatic hydroxyl groups is 1. The van der Waals surface area contributed by atoms with E-state index in [1.54, 1.807) is 6.08 Å². The van der Waals surface area contributed by atoms with E-state index in [4.69, 9.17) is 9.84 Å². The maximum atomic E-state index is 10.9. The zero-order valence-corrected chi connectivity index (χ0v) is 9.76. The largest absolute Gasteiger partial charge is 0.494 e. The molecule has 0 saturated carbocycles. The summed E-state index contributed by atoms with van der Waals surface area (Å²) in [5.41, 5.74) is 0.893. The highest BCUT2D eigenvalue weighted by atomic mass is 16.5. The number of carbonyl (C=O) groups is 1. The first kappa shape index (κ1) is 13.3. The Bertz CT molecular complexity index is 368. The number of carbonyl (C=O) groups excluding carboxylic acids is 1. The lowest BCUT2D eigenvalue weighted by atomic mass is 10.2. The predicted octanol–water partition coefficient (Wildman–Crippen LogP) is 1.63. The van der Waals surface area contributed by atoms with Crippen molar-refractivity contribution in [1.29, 1.82) is 0 Å². The van der Waals surface area contributed by atoms with E-state index in [1.165, 1.54) is 13.2 Å². The molecule has 0 spiro atoms. The van der Waals surface area contributed by atoms with E-state index in [0.717, 1.165) is 11.3 Å². The third kappa shape index (κ3) is 5.17. The summed E-state index contributed by atoms with van der Waals surface area (Å²) in [5, 5.41) is 8.60. The lowest BCUT2D eigenvalue weighted by molar-refractivity contribution is -0.134. The molecular formula is C13H16O4. The average molecular weight is 236 g/mol. The molecule has 0 aliphatic heterocycles. The second-order valence-corrected chi connectivity index (χ2v) is 3.35. The Labute approximate surface area is 100 Å². The zero-order valence-electron chi connectivity index (χ0n) is 9.76. The van der Waals surface area contributed by atoms with Crippen LogP contribution in [0.15, 0.2) is 30.3 Å². The van der Waals surface area contributed by atoms with Gasteiger partial charge in [-0.05, 0) is 23.8 Å². The summed E-state index contributed by atoms with van der Waals surface area (Å²) in [6.45, 7) is 0.619. The van der Waals surface area contributed by atoms with Crippen molar-refractivity contribution in [3.8, 4) is 5.75 Å². The Morgan fingerprint density at radius 1 is 1.35 bits per heavy atom. The Balaban J connectivity index is 2.50. The molecule has 92 valence electrons. The molecule has 1 N–H and O–H groups in total. The molecule has 0 amide bonds. The van der Waals surface area contributed by atoms with Crippen LogP contribution in [0.25, 0.3) is 6.08 Å². The van der Waals surface area contributed by atoms with Gasteiger partial charge in [0.2, 0.25) is 0 Å². The van der Waals surface area contributed by atoms with Crippen LogP contribution in [0.2, 0.25) is 0 Å². The zero-order chi connectivity index (χ0) is 12.5. The van der Waals surface area contributed by atoms with E-state index in [0.29, 0.717) is 13.0 Å². The van der Waals surface area contributed by atoms with Crippen molar-refractivity contribution in [2.24, 2.45) is 0 Å². The summed E-state index contributed by atoms with van der Waals surface area (Å²) in [5.74, 6) is 0.363. The van der Waals surface area contributed by atoms with Crippen LogP contribution in [-0.2, 0) is 9.53 Å². The van der Waals surface area contributed by atoms with Gasteiger partial charge in [-0.15, -0.1) is 0 Å². The standard InChI is InChI=1S/C13H16O4/c1-16-13(15)8-5-11-3-6-12(7-4-11)17-10-2-9-14/h3-8,14H,2,9-10H2,1H3. The normalized spacial score (nSPS) is 10.5. The first-order valence-corrected chi connectivity index (χ1v) is 5.36. The molecule has 0 saturated heterocycles. The highest BCUT2D eigenvalue weighted by Crippen LogP contribution is 2.13. The van der Waals surface area contributed by atoms with Gasteiger partial charge in [0.15, 0.2) is 0 Å². The van der Waals surface area contributed by atoms with Crippen molar-refractivity contribution < 1.29 is 19.4 Å². The van der Waals surface area contributed by atoms with Gasteiger partial charge in [-0.3, -0.25) is 0 Å². The number of benzene rings is 1. The molecule has 0 fully saturated rings. The molecule has 4 nitrogen and oxygen atoms in total. The van der Waals surface area contributed by atoms with Crippen LogP contribution in [-0.4, -0.2) is 31.4 Å². The molecule has 0 heterocycles. The average Bonchev–Trinajstić information content (AvgIpc) is 2.37. The molecular weight excluding hydrogens is 220 g/mol. The summed E-state index contributed by atoms with van der Waals surface area (Å²) in [6.07, 6.45) is 3.65. The van der Waals surface area contributed by atoms with Crippen molar-refractivity contribution in [3.63, 3.8) is 0 Å². The fourth-order valence-electron chi connectivity index (χ4n) is 1.16.